The summed E-state index contributed by atoms with van der Waals surface area (Å²) in [5.74, 6) is 0.724. The van der Waals surface area contributed by atoms with Gasteiger partial charge >= 0.3 is 0 Å². The smallest absolute Gasteiger partial charge is 0.195 e. The van der Waals surface area contributed by atoms with Crippen LogP contribution in [-0.4, -0.2) is 18.5 Å². The van der Waals surface area contributed by atoms with Crippen molar-refractivity contribution >= 4 is 106 Å². The molecule has 1 aliphatic carbocycles. The maximum Gasteiger partial charge on any atom is 0.195 e. The maximum atomic E-state index is 5.87. The largest absolute Gasteiger partial charge is 0.462 e. The average Bonchev–Trinajstić information content (AvgIpc) is 3.97. The van der Waals surface area contributed by atoms with Gasteiger partial charge < -0.3 is 9.88 Å². The lowest BCUT2D eigenvalue weighted by Crippen LogP contribution is -2.28. The predicted octanol–water partition coefficient (Wildman–Crippen LogP) is 14.2. The molecule has 0 amide bonds. The Kier molecular flexibility index (Phi) is 7.08. The van der Waals surface area contributed by atoms with Crippen LogP contribution in [0.25, 0.3) is 85.0 Å². The van der Waals surface area contributed by atoms with Crippen LogP contribution in [0.2, 0.25) is 0 Å². The lowest BCUT2D eigenvalue weighted by molar-refractivity contribution is 1.16. The molecule has 1 N–H and O–H groups in total. The molecule has 13 rings (SSSR count). The van der Waals surface area contributed by atoms with Crippen molar-refractivity contribution < 1.29 is 0 Å². The summed E-state index contributed by atoms with van der Waals surface area (Å²) in [4.78, 5) is 14.3. The zero-order valence-electron chi connectivity index (χ0n) is 31.8. The summed E-state index contributed by atoms with van der Waals surface area (Å²) in [7, 11) is -1.76. The highest BCUT2D eigenvalue weighted by atomic mass is 32.1. The second kappa shape index (κ2) is 12.7. The first-order valence-corrected chi connectivity index (χ1v) is 22.4. The van der Waals surface area contributed by atoms with Gasteiger partial charge in [0.15, 0.2) is 5.95 Å². The molecule has 6 heteroatoms. The van der Waals surface area contributed by atoms with Crippen molar-refractivity contribution in [3.63, 3.8) is 0 Å². The van der Waals surface area contributed by atoms with Crippen LogP contribution in [0.5, 0.6) is 0 Å². The molecule has 12 aromatic rings. The fourth-order valence-electron chi connectivity index (χ4n) is 9.79. The van der Waals surface area contributed by atoms with E-state index in [0.29, 0.717) is 0 Å². The van der Waals surface area contributed by atoms with Gasteiger partial charge in [-0.15, -0.1) is 19.9 Å². The van der Waals surface area contributed by atoms with Gasteiger partial charge in [-0.05, 0) is 85.9 Å². The van der Waals surface area contributed by atoms with Crippen molar-refractivity contribution in [3.8, 4) is 22.4 Å². The molecular weight excluding hydrogens is 753 g/mol. The molecule has 9 aromatic carbocycles. The monoisotopic (exact) mass is 785 g/mol. The molecule has 59 heavy (non-hydrogen) atoms. The molecule has 3 aromatic heterocycles. The topological polar surface area (TPSA) is 41.0 Å². The minimum Gasteiger partial charge on any atom is -0.462 e. The van der Waals surface area contributed by atoms with E-state index in [9.17, 15) is 0 Å². The van der Waals surface area contributed by atoms with E-state index in [0.717, 1.165) is 61.5 Å². The molecule has 4 nitrogen and oxygen atoms in total. The Labute approximate surface area is 345 Å². The number of aromatic nitrogens is 2. The number of nitrogens with one attached hydrogen (secondary N) is 1. The van der Waals surface area contributed by atoms with E-state index < -0.39 is 8.56 Å². The molecule has 0 saturated carbocycles. The second-order valence-electron chi connectivity index (χ2n) is 15.5. The number of hydrogen-bond acceptors (Lipinski definition) is 5. The average molecular weight is 786 g/mol. The molecule has 0 bridgehead atoms. The molecule has 0 saturated heterocycles. The SMILES string of the molecule is c1ccc(Nc2cccc3cccc(N(c4nc(-c5cccc6c5Cc5ccccc5-6)c5sc6ccccc6c5n4)[si-]4c5cccc6ccc7cccc4c7c65)c23)cc1. The highest BCUT2D eigenvalue weighted by Crippen LogP contribution is 2.48. The quantitative estimate of drug-likeness (QED) is 0.135. The first-order valence-electron chi connectivity index (χ1n) is 20.1. The lowest BCUT2D eigenvalue weighted by atomic mass is 9.98. The van der Waals surface area contributed by atoms with Crippen LogP contribution in [-0.2, 0) is 6.42 Å². The minimum absolute atomic E-state index is 0.724. The molecule has 3 heterocycles. The lowest BCUT2D eigenvalue weighted by Gasteiger charge is -2.37. The summed E-state index contributed by atoms with van der Waals surface area (Å²) in [5, 5.41) is 12.5. The third-order valence-electron chi connectivity index (χ3n) is 12.3. The minimum atomic E-state index is -1.76. The van der Waals surface area contributed by atoms with Gasteiger partial charge in [0.05, 0.1) is 15.9 Å². The zero-order chi connectivity index (χ0) is 38.6. The molecule has 0 fully saturated rings. The third-order valence-corrected chi connectivity index (χ3v) is 16.2. The van der Waals surface area contributed by atoms with Crippen molar-refractivity contribution in [1.82, 2.24) is 9.97 Å². The van der Waals surface area contributed by atoms with E-state index in [-0.39, 0.29) is 0 Å². The Hall–Kier alpha value is -7.12. The Bertz CT molecular complexity index is 3570. The molecule has 0 spiro atoms. The van der Waals surface area contributed by atoms with Crippen molar-refractivity contribution in [1.29, 1.82) is 0 Å². The molecule has 1 aliphatic rings. The molecule has 0 unspecified atom stereocenters. The summed E-state index contributed by atoms with van der Waals surface area (Å²) in [6.45, 7) is 0. The molecule has 0 aliphatic heterocycles. The van der Waals surface area contributed by atoms with Gasteiger partial charge in [0.2, 0.25) is 0 Å². The number of rotatable bonds is 6. The number of thiophene rings is 1. The number of para-hydroxylation sites is 1. The van der Waals surface area contributed by atoms with Crippen LogP contribution in [0.3, 0.4) is 0 Å². The van der Waals surface area contributed by atoms with E-state index in [2.05, 4.69) is 192 Å². The van der Waals surface area contributed by atoms with Gasteiger partial charge in [0.25, 0.3) is 0 Å². The fraction of sp³-hybridized carbons (Fsp3) is 0.0189. The van der Waals surface area contributed by atoms with E-state index >= 15 is 0 Å². The predicted molar refractivity (Wildman–Crippen MR) is 251 cm³/mol. The van der Waals surface area contributed by atoms with Gasteiger partial charge in [0.1, 0.15) is 0 Å². The number of hydrogen-bond donors (Lipinski definition) is 1. The van der Waals surface area contributed by atoms with E-state index in [4.69, 9.17) is 9.97 Å². The van der Waals surface area contributed by atoms with Gasteiger partial charge in [-0.1, -0.05) is 152 Å². The summed E-state index contributed by atoms with van der Waals surface area (Å²) in [6.07, 6.45) is 0.878. The van der Waals surface area contributed by atoms with Crippen molar-refractivity contribution in [2.45, 2.75) is 6.42 Å². The van der Waals surface area contributed by atoms with Crippen LogP contribution in [0, 0.1) is 0 Å². The normalized spacial score (nSPS) is 12.3. The van der Waals surface area contributed by atoms with Crippen LogP contribution < -0.4 is 9.88 Å². The maximum absolute atomic E-state index is 5.87. The fourth-order valence-corrected chi connectivity index (χ4v) is 14.0. The van der Waals surface area contributed by atoms with Gasteiger partial charge in [-0.3, -0.25) is 0 Å². The molecular formula is C53H33N4SSi-. The zero-order valence-corrected chi connectivity index (χ0v) is 33.6. The molecule has 276 valence electrons. The number of fused-ring (bicyclic) bond motifs is 7. The van der Waals surface area contributed by atoms with Gasteiger partial charge in [-0.25, -0.2) is 9.97 Å². The Morgan fingerprint density at radius 2 is 1.17 bits per heavy atom. The third kappa shape index (κ3) is 4.88. The van der Waals surface area contributed by atoms with Gasteiger partial charge in [-0.2, -0.15) is 9.99 Å². The first-order chi connectivity index (χ1) is 29.3. The van der Waals surface area contributed by atoms with E-state index in [1.54, 1.807) is 11.3 Å². The Balaban J connectivity index is 1.17. The van der Waals surface area contributed by atoms with Crippen LogP contribution in [0.1, 0.15) is 11.1 Å². The standard InChI is InChI=1S/C53H33N4SSi/c1-2-18-36(19-3-1)54-42-24-8-14-32-15-9-25-43(47(32)42)57(59-45-27-10-16-33-29-30-34-17-11-28-46(59)49(34)48(33)45)53-55-50(52-51(56-53)40-21-6-7-26-44(40)58-52)39-23-12-22-38-37-20-5-4-13-35(37)31-41(38)39/h1-30,54H,31H2/q-1. The Morgan fingerprint density at radius 3 is 1.98 bits per heavy atom. The highest BCUT2D eigenvalue weighted by molar-refractivity contribution is 7.26. The number of anilines is 4. The van der Waals surface area contributed by atoms with Gasteiger partial charge in [0, 0.05) is 38.1 Å². The van der Waals surface area contributed by atoms with Crippen LogP contribution >= 0.6 is 11.3 Å². The summed E-state index contributed by atoms with van der Waals surface area (Å²) < 4.78 is 4.90. The summed E-state index contributed by atoms with van der Waals surface area (Å²) in [6, 6.07) is 66.4. The van der Waals surface area contributed by atoms with Crippen LogP contribution in [0.15, 0.2) is 182 Å². The van der Waals surface area contributed by atoms with Crippen molar-refractivity contribution in [2.24, 2.45) is 0 Å². The summed E-state index contributed by atoms with van der Waals surface area (Å²) in [5.41, 5.74) is 11.7. The van der Waals surface area contributed by atoms with Crippen molar-refractivity contribution in [2.75, 3.05) is 9.88 Å². The highest BCUT2D eigenvalue weighted by Gasteiger charge is 2.26. The van der Waals surface area contributed by atoms with E-state index in [1.165, 1.54) is 64.1 Å². The van der Waals surface area contributed by atoms with E-state index in [1.807, 2.05) is 0 Å². The first kappa shape index (κ1) is 32.9. The molecule has 0 radical (unpaired) electrons. The summed E-state index contributed by atoms with van der Waals surface area (Å²) >= 11 is 1.80. The number of nitrogens with zero attached hydrogens (tertiary/aromatic N) is 3. The van der Waals surface area contributed by atoms with Crippen molar-refractivity contribution in [3.05, 3.63) is 193 Å². The van der Waals surface area contributed by atoms with Crippen LogP contribution in [0.4, 0.5) is 23.0 Å². The molecule has 0 atom stereocenters. The Morgan fingerprint density at radius 1 is 0.525 bits per heavy atom. The number of benzene rings is 9. The second-order valence-corrected chi connectivity index (χ2v) is 18.8.